The molecule has 0 fully saturated rings. The molecule has 3 nitrogen and oxygen atoms in total. The standard InChI is InChI=1S/C12H18N2O/c1-3-14-9-10(8-13-2)15-12-7-5-4-6-11(12)14/h4-7,10,13H,3,8-9H2,1-2H3/t10-/m0/s1. The molecule has 2 rings (SSSR count). The summed E-state index contributed by atoms with van der Waals surface area (Å²) in [5.74, 6) is 1.01. The topological polar surface area (TPSA) is 24.5 Å². The maximum atomic E-state index is 5.90. The summed E-state index contributed by atoms with van der Waals surface area (Å²) in [5.41, 5.74) is 1.22. The summed E-state index contributed by atoms with van der Waals surface area (Å²) in [5, 5.41) is 3.16. The first-order valence-electron chi connectivity index (χ1n) is 5.50. The number of para-hydroxylation sites is 2. The molecule has 0 aliphatic carbocycles. The molecule has 1 heterocycles. The number of nitrogens with zero attached hydrogens (tertiary/aromatic N) is 1. The Balaban J connectivity index is 2.22. The highest BCUT2D eigenvalue weighted by atomic mass is 16.5. The average Bonchev–Trinajstić information content (AvgIpc) is 2.28. The zero-order valence-corrected chi connectivity index (χ0v) is 9.36. The second-order valence-electron chi connectivity index (χ2n) is 3.80. The fraction of sp³-hybridized carbons (Fsp3) is 0.500. The molecule has 0 aromatic heterocycles. The van der Waals surface area contributed by atoms with Crippen LogP contribution in [-0.2, 0) is 0 Å². The molecule has 1 atom stereocenters. The molecule has 3 heteroatoms. The number of ether oxygens (including phenoxy) is 1. The first-order valence-corrected chi connectivity index (χ1v) is 5.50. The number of likely N-dealkylation sites (N-methyl/N-ethyl adjacent to an activating group) is 2. The third-order valence-electron chi connectivity index (χ3n) is 2.74. The van der Waals surface area contributed by atoms with Crippen molar-refractivity contribution in [3.63, 3.8) is 0 Å². The summed E-state index contributed by atoms with van der Waals surface area (Å²) >= 11 is 0. The molecule has 15 heavy (non-hydrogen) atoms. The van der Waals surface area contributed by atoms with Gasteiger partial charge in [0.25, 0.3) is 0 Å². The average molecular weight is 206 g/mol. The second-order valence-corrected chi connectivity index (χ2v) is 3.80. The van der Waals surface area contributed by atoms with Gasteiger partial charge < -0.3 is 15.0 Å². The molecule has 0 spiro atoms. The molecule has 0 radical (unpaired) electrons. The lowest BCUT2D eigenvalue weighted by atomic mass is 10.2. The highest BCUT2D eigenvalue weighted by molar-refractivity contribution is 5.59. The minimum atomic E-state index is 0.254. The quantitative estimate of drug-likeness (QED) is 0.811. The van der Waals surface area contributed by atoms with Crippen molar-refractivity contribution in [3.8, 4) is 5.75 Å². The monoisotopic (exact) mass is 206 g/mol. The smallest absolute Gasteiger partial charge is 0.143 e. The summed E-state index contributed by atoms with van der Waals surface area (Å²) in [7, 11) is 1.96. The van der Waals surface area contributed by atoms with Gasteiger partial charge in [-0.25, -0.2) is 0 Å². The zero-order chi connectivity index (χ0) is 10.7. The maximum absolute atomic E-state index is 5.90. The van der Waals surface area contributed by atoms with Crippen LogP contribution in [0.15, 0.2) is 24.3 Å². The van der Waals surface area contributed by atoms with Crippen LogP contribution in [0.25, 0.3) is 0 Å². The van der Waals surface area contributed by atoms with Crippen molar-refractivity contribution in [2.75, 3.05) is 31.6 Å². The minimum Gasteiger partial charge on any atom is -0.485 e. The molecular weight excluding hydrogens is 188 g/mol. The number of benzene rings is 1. The van der Waals surface area contributed by atoms with Crippen LogP contribution in [0.4, 0.5) is 5.69 Å². The number of hydrogen-bond donors (Lipinski definition) is 1. The van der Waals surface area contributed by atoms with Crippen molar-refractivity contribution >= 4 is 5.69 Å². The Hall–Kier alpha value is -1.22. The van der Waals surface area contributed by atoms with E-state index in [2.05, 4.69) is 29.3 Å². The van der Waals surface area contributed by atoms with Gasteiger partial charge in [0.2, 0.25) is 0 Å². The van der Waals surface area contributed by atoms with Gasteiger partial charge in [-0.3, -0.25) is 0 Å². The van der Waals surface area contributed by atoms with E-state index in [1.54, 1.807) is 0 Å². The Bertz CT molecular complexity index is 327. The van der Waals surface area contributed by atoms with E-state index in [0.717, 1.165) is 25.4 Å². The van der Waals surface area contributed by atoms with Gasteiger partial charge in [0.15, 0.2) is 0 Å². The zero-order valence-electron chi connectivity index (χ0n) is 9.36. The molecule has 0 saturated heterocycles. The van der Waals surface area contributed by atoms with Crippen molar-refractivity contribution < 1.29 is 4.74 Å². The second kappa shape index (κ2) is 4.53. The van der Waals surface area contributed by atoms with Gasteiger partial charge in [-0.2, -0.15) is 0 Å². The molecule has 0 unspecified atom stereocenters. The van der Waals surface area contributed by atoms with Crippen LogP contribution < -0.4 is 15.0 Å². The van der Waals surface area contributed by atoms with Crippen molar-refractivity contribution in [1.29, 1.82) is 0 Å². The van der Waals surface area contributed by atoms with Gasteiger partial charge in [0.1, 0.15) is 11.9 Å². The predicted molar refractivity (Wildman–Crippen MR) is 62.7 cm³/mol. The van der Waals surface area contributed by atoms with Crippen LogP contribution in [0.2, 0.25) is 0 Å². The minimum absolute atomic E-state index is 0.254. The fourth-order valence-corrected chi connectivity index (χ4v) is 2.01. The van der Waals surface area contributed by atoms with E-state index < -0.39 is 0 Å². The molecule has 1 aliphatic rings. The van der Waals surface area contributed by atoms with Gasteiger partial charge >= 0.3 is 0 Å². The number of rotatable bonds is 3. The van der Waals surface area contributed by atoms with Crippen molar-refractivity contribution in [2.45, 2.75) is 13.0 Å². The highest BCUT2D eigenvalue weighted by Crippen LogP contribution is 2.32. The van der Waals surface area contributed by atoms with Gasteiger partial charge in [0.05, 0.1) is 12.2 Å². The van der Waals surface area contributed by atoms with Gasteiger partial charge in [-0.1, -0.05) is 12.1 Å². The van der Waals surface area contributed by atoms with E-state index in [1.165, 1.54) is 5.69 Å². The van der Waals surface area contributed by atoms with Crippen LogP contribution >= 0.6 is 0 Å². The van der Waals surface area contributed by atoms with E-state index in [4.69, 9.17) is 4.74 Å². The van der Waals surface area contributed by atoms with Crippen molar-refractivity contribution in [3.05, 3.63) is 24.3 Å². The Morgan fingerprint density at radius 3 is 3.00 bits per heavy atom. The van der Waals surface area contributed by atoms with E-state index in [9.17, 15) is 0 Å². The fourth-order valence-electron chi connectivity index (χ4n) is 2.01. The number of nitrogens with one attached hydrogen (secondary N) is 1. The van der Waals surface area contributed by atoms with Crippen LogP contribution in [0.1, 0.15) is 6.92 Å². The van der Waals surface area contributed by atoms with E-state index in [1.807, 2.05) is 19.2 Å². The summed E-state index contributed by atoms with van der Waals surface area (Å²) in [4.78, 5) is 2.36. The molecule has 82 valence electrons. The molecule has 1 N–H and O–H groups in total. The van der Waals surface area contributed by atoms with E-state index in [0.29, 0.717) is 0 Å². The Morgan fingerprint density at radius 1 is 1.47 bits per heavy atom. The lowest BCUT2D eigenvalue weighted by Crippen LogP contribution is -2.44. The highest BCUT2D eigenvalue weighted by Gasteiger charge is 2.23. The van der Waals surface area contributed by atoms with Crippen LogP contribution in [0, 0.1) is 0 Å². The molecule has 0 amide bonds. The van der Waals surface area contributed by atoms with Gasteiger partial charge in [-0.05, 0) is 26.1 Å². The first kappa shape index (κ1) is 10.3. The van der Waals surface area contributed by atoms with Gasteiger partial charge in [0, 0.05) is 13.1 Å². The summed E-state index contributed by atoms with van der Waals surface area (Å²) in [6.07, 6.45) is 0.254. The predicted octanol–water partition coefficient (Wildman–Crippen LogP) is 1.49. The normalized spacial score (nSPS) is 19.6. The summed E-state index contributed by atoms with van der Waals surface area (Å²) in [6, 6.07) is 8.24. The van der Waals surface area contributed by atoms with Crippen LogP contribution in [0.5, 0.6) is 5.75 Å². The third-order valence-corrected chi connectivity index (χ3v) is 2.74. The lowest BCUT2D eigenvalue weighted by Gasteiger charge is -2.35. The van der Waals surface area contributed by atoms with Crippen molar-refractivity contribution in [2.24, 2.45) is 0 Å². The maximum Gasteiger partial charge on any atom is 0.143 e. The Labute approximate surface area is 91.0 Å². The molecule has 0 saturated carbocycles. The van der Waals surface area contributed by atoms with Crippen LogP contribution in [-0.4, -0.2) is 32.8 Å². The molecule has 1 aromatic carbocycles. The summed E-state index contributed by atoms with van der Waals surface area (Å²) in [6.45, 7) is 5.07. The van der Waals surface area contributed by atoms with E-state index in [-0.39, 0.29) is 6.10 Å². The molecule has 1 aromatic rings. The largest absolute Gasteiger partial charge is 0.485 e. The molecular formula is C12H18N2O. The first-order chi connectivity index (χ1) is 7.35. The van der Waals surface area contributed by atoms with Gasteiger partial charge in [-0.15, -0.1) is 0 Å². The Kier molecular flexibility index (Phi) is 3.11. The summed E-state index contributed by atoms with van der Waals surface area (Å²) < 4.78 is 5.90. The SMILES string of the molecule is CCN1C[C@H](CNC)Oc2ccccc21. The lowest BCUT2D eigenvalue weighted by molar-refractivity contribution is 0.193. The van der Waals surface area contributed by atoms with Crippen LogP contribution in [0.3, 0.4) is 0 Å². The molecule has 0 bridgehead atoms. The number of anilines is 1. The van der Waals surface area contributed by atoms with E-state index >= 15 is 0 Å². The Morgan fingerprint density at radius 2 is 2.27 bits per heavy atom. The number of hydrogen-bond acceptors (Lipinski definition) is 3. The molecule has 1 aliphatic heterocycles. The number of fused-ring (bicyclic) bond motifs is 1. The third kappa shape index (κ3) is 2.07. The van der Waals surface area contributed by atoms with Crippen molar-refractivity contribution in [1.82, 2.24) is 5.32 Å².